The van der Waals surface area contributed by atoms with Gasteiger partial charge in [-0.25, -0.2) is 22.0 Å². The molecule has 0 unspecified atom stereocenters. The molecular formula is C8H9NO5S3. The van der Waals surface area contributed by atoms with E-state index in [0.29, 0.717) is 11.3 Å². The van der Waals surface area contributed by atoms with E-state index >= 15 is 0 Å². The normalized spacial score (nSPS) is 23.4. The molecule has 0 aliphatic carbocycles. The molecule has 94 valence electrons. The van der Waals surface area contributed by atoms with E-state index in [4.69, 9.17) is 5.14 Å². The zero-order valence-corrected chi connectivity index (χ0v) is 11.2. The predicted octanol–water partition coefficient (Wildman–Crippen LogP) is 0.144. The number of hydrogen-bond acceptors (Lipinski definition) is 6. The summed E-state index contributed by atoms with van der Waals surface area (Å²) in [4.78, 5) is 11.6. The Kier molecular flexibility index (Phi) is 2.69. The van der Waals surface area contributed by atoms with Crippen LogP contribution in [0.25, 0.3) is 0 Å². The van der Waals surface area contributed by atoms with Crippen molar-refractivity contribution in [1.82, 2.24) is 0 Å². The molecule has 17 heavy (non-hydrogen) atoms. The molecule has 2 heterocycles. The van der Waals surface area contributed by atoms with Crippen molar-refractivity contribution in [2.45, 2.75) is 27.0 Å². The number of sulfonamides is 1. The van der Waals surface area contributed by atoms with Crippen LogP contribution < -0.4 is 5.14 Å². The van der Waals surface area contributed by atoms with Gasteiger partial charge in [0.1, 0.15) is 8.42 Å². The van der Waals surface area contributed by atoms with Crippen molar-refractivity contribution in [2.75, 3.05) is 0 Å². The summed E-state index contributed by atoms with van der Waals surface area (Å²) in [5, 5.41) is 4.09. The van der Waals surface area contributed by atoms with Gasteiger partial charge in [0, 0.05) is 12.0 Å². The number of carbonyl (C=O) groups excluding carboxylic acids is 1. The van der Waals surface area contributed by atoms with Gasteiger partial charge in [0.05, 0.1) is 5.25 Å². The summed E-state index contributed by atoms with van der Waals surface area (Å²) >= 11 is 0.535. The van der Waals surface area contributed by atoms with Crippen LogP contribution in [0.15, 0.2) is 14.5 Å². The molecular weight excluding hydrogens is 286 g/mol. The zero-order chi connectivity index (χ0) is 13.0. The maximum Gasteiger partial charge on any atom is 0.247 e. The van der Waals surface area contributed by atoms with Crippen molar-refractivity contribution < 1.29 is 21.6 Å². The van der Waals surface area contributed by atoms with Crippen molar-refractivity contribution in [3.8, 4) is 0 Å². The van der Waals surface area contributed by atoms with Crippen LogP contribution in [0.4, 0.5) is 0 Å². The first-order valence-electron chi connectivity index (χ1n) is 4.58. The maximum atomic E-state index is 11.9. The Balaban J connectivity index is 2.77. The molecule has 0 spiro atoms. The second-order valence-electron chi connectivity index (χ2n) is 3.79. The molecule has 1 aliphatic rings. The number of ketones is 1. The van der Waals surface area contributed by atoms with Crippen molar-refractivity contribution in [3.63, 3.8) is 0 Å². The molecule has 2 rings (SSSR count). The highest BCUT2D eigenvalue weighted by atomic mass is 32.3. The average Bonchev–Trinajstić information content (AvgIpc) is 2.59. The van der Waals surface area contributed by atoms with Crippen molar-refractivity contribution in [1.29, 1.82) is 0 Å². The average molecular weight is 295 g/mol. The number of hydrogen-bond donors (Lipinski definition) is 1. The minimum atomic E-state index is -3.99. The predicted molar refractivity (Wildman–Crippen MR) is 61.3 cm³/mol. The zero-order valence-electron chi connectivity index (χ0n) is 8.71. The van der Waals surface area contributed by atoms with Gasteiger partial charge in [-0.2, -0.15) is 0 Å². The standard InChI is InChI=1S/C8H9NO5S3/c1-4-2-6(10)5-3-7(17(9,13)14)15-8(5)16(4,11)12/h3-4H,2H2,1H3,(H2,9,13,14)/t4-/m0/s1. The number of fused-ring (bicyclic) bond motifs is 1. The first-order chi connectivity index (χ1) is 7.64. The van der Waals surface area contributed by atoms with Crippen LogP contribution in [0.3, 0.4) is 0 Å². The van der Waals surface area contributed by atoms with Crippen LogP contribution >= 0.6 is 11.3 Å². The van der Waals surface area contributed by atoms with E-state index in [-0.39, 0.29) is 26.2 Å². The topological polar surface area (TPSA) is 111 Å². The molecule has 0 bridgehead atoms. The maximum absolute atomic E-state index is 11.9. The SMILES string of the molecule is C[C@H]1CC(=O)c2cc(S(N)(=O)=O)sc2S1(=O)=O. The van der Waals surface area contributed by atoms with Gasteiger partial charge in [-0.05, 0) is 13.0 Å². The molecule has 0 aromatic carbocycles. The van der Waals surface area contributed by atoms with Crippen LogP contribution in [-0.4, -0.2) is 27.9 Å². The molecule has 0 radical (unpaired) electrons. The molecule has 2 N–H and O–H groups in total. The molecule has 1 aromatic rings. The Labute approximate surface area is 102 Å². The highest BCUT2D eigenvalue weighted by Crippen LogP contribution is 2.37. The van der Waals surface area contributed by atoms with Crippen LogP contribution in [0.2, 0.25) is 0 Å². The summed E-state index contributed by atoms with van der Waals surface area (Å²) < 4.78 is 45.6. The molecule has 1 aromatic heterocycles. The first kappa shape index (κ1) is 12.7. The fraction of sp³-hybridized carbons (Fsp3) is 0.375. The summed E-state index contributed by atoms with van der Waals surface area (Å²) in [6, 6.07) is 1.04. The highest BCUT2D eigenvalue weighted by Gasteiger charge is 2.38. The van der Waals surface area contributed by atoms with Gasteiger partial charge in [-0.3, -0.25) is 4.79 Å². The summed E-state index contributed by atoms with van der Waals surface area (Å²) in [7, 11) is -7.60. The second kappa shape index (κ2) is 3.61. The van der Waals surface area contributed by atoms with Gasteiger partial charge in [-0.15, -0.1) is 11.3 Å². The number of Topliss-reactive ketones (excluding diaryl/α,β-unsaturated/α-hetero) is 1. The lowest BCUT2D eigenvalue weighted by molar-refractivity contribution is 0.0977. The van der Waals surface area contributed by atoms with E-state index in [9.17, 15) is 21.6 Å². The summed E-state index contributed by atoms with van der Waals surface area (Å²) in [6.45, 7) is 1.42. The molecule has 0 saturated carbocycles. The molecule has 0 amide bonds. The number of rotatable bonds is 1. The molecule has 0 fully saturated rings. The number of primary sulfonamides is 1. The van der Waals surface area contributed by atoms with Crippen LogP contribution in [0.5, 0.6) is 0 Å². The third-order valence-electron chi connectivity index (χ3n) is 2.52. The lowest BCUT2D eigenvalue weighted by Crippen LogP contribution is -2.27. The van der Waals surface area contributed by atoms with Crippen molar-refractivity contribution >= 4 is 37.0 Å². The van der Waals surface area contributed by atoms with Gasteiger partial charge in [0.15, 0.2) is 15.6 Å². The Morgan fingerprint density at radius 2 is 2.06 bits per heavy atom. The smallest absolute Gasteiger partial charge is 0.247 e. The third kappa shape index (κ3) is 1.92. The van der Waals surface area contributed by atoms with E-state index in [1.54, 1.807) is 0 Å². The molecule has 1 atom stereocenters. The fourth-order valence-corrected chi connectivity index (χ4v) is 5.80. The molecule has 1 aliphatic heterocycles. The van der Waals surface area contributed by atoms with Gasteiger partial charge < -0.3 is 0 Å². The molecule has 9 heteroatoms. The van der Waals surface area contributed by atoms with E-state index < -0.39 is 25.1 Å². The third-order valence-corrected chi connectivity index (χ3v) is 7.78. The van der Waals surface area contributed by atoms with Crippen molar-refractivity contribution in [2.24, 2.45) is 5.14 Å². The van der Waals surface area contributed by atoms with Crippen LogP contribution in [0.1, 0.15) is 23.7 Å². The minimum Gasteiger partial charge on any atom is -0.294 e. The molecule has 6 nitrogen and oxygen atoms in total. The Morgan fingerprint density at radius 3 is 2.59 bits per heavy atom. The first-order valence-corrected chi connectivity index (χ1v) is 8.48. The second-order valence-corrected chi connectivity index (χ2v) is 9.20. The van der Waals surface area contributed by atoms with Gasteiger partial charge in [0.25, 0.3) is 0 Å². The fourth-order valence-electron chi connectivity index (χ4n) is 1.56. The van der Waals surface area contributed by atoms with E-state index in [2.05, 4.69) is 0 Å². The Hall–Kier alpha value is -0.770. The lowest BCUT2D eigenvalue weighted by Gasteiger charge is -2.16. The number of sulfone groups is 1. The Bertz CT molecular complexity index is 698. The summed E-state index contributed by atoms with van der Waals surface area (Å²) in [5.74, 6) is -0.367. The number of thiophene rings is 1. The lowest BCUT2D eigenvalue weighted by atomic mass is 10.1. The summed E-state index contributed by atoms with van der Waals surface area (Å²) in [6.07, 6.45) is -0.129. The Morgan fingerprint density at radius 1 is 1.47 bits per heavy atom. The van der Waals surface area contributed by atoms with Gasteiger partial charge in [0.2, 0.25) is 10.0 Å². The summed E-state index contributed by atoms with van der Waals surface area (Å²) in [5.41, 5.74) is -0.0582. The van der Waals surface area contributed by atoms with Crippen LogP contribution in [0, 0.1) is 0 Å². The van der Waals surface area contributed by atoms with E-state index in [1.165, 1.54) is 6.92 Å². The quantitative estimate of drug-likeness (QED) is 0.792. The van der Waals surface area contributed by atoms with Crippen LogP contribution in [-0.2, 0) is 19.9 Å². The van der Waals surface area contributed by atoms with Crippen molar-refractivity contribution in [3.05, 3.63) is 11.6 Å². The highest BCUT2D eigenvalue weighted by molar-refractivity contribution is 7.95. The van der Waals surface area contributed by atoms with E-state index in [0.717, 1.165) is 6.07 Å². The monoisotopic (exact) mass is 295 g/mol. The number of nitrogens with two attached hydrogens (primary N) is 1. The molecule has 0 saturated heterocycles. The van der Waals surface area contributed by atoms with E-state index in [1.807, 2.05) is 0 Å². The minimum absolute atomic E-state index is 0.0582. The number of carbonyl (C=O) groups is 1. The largest absolute Gasteiger partial charge is 0.294 e. The van der Waals surface area contributed by atoms with Gasteiger partial charge in [-0.1, -0.05) is 0 Å². The van der Waals surface area contributed by atoms with Gasteiger partial charge >= 0.3 is 0 Å².